The zero-order valence-electron chi connectivity index (χ0n) is 21.9. The number of benzene rings is 1. The van der Waals surface area contributed by atoms with Crippen molar-refractivity contribution in [3.63, 3.8) is 0 Å². The van der Waals surface area contributed by atoms with Gasteiger partial charge < -0.3 is 13.6 Å². The Hall–Kier alpha value is -0.726. The molecule has 0 amide bonds. The van der Waals surface area contributed by atoms with E-state index in [0.717, 1.165) is 19.4 Å². The molecule has 3 nitrogen and oxygen atoms in total. The second-order valence-electron chi connectivity index (χ2n) is 11.7. The van der Waals surface area contributed by atoms with Gasteiger partial charge >= 0.3 is 0 Å². The zero-order valence-corrected chi connectivity index (χ0v) is 23.9. The molecule has 0 unspecified atom stereocenters. The molecular weight excluding hydrogens is 416 g/mol. The average Bonchev–Trinajstić information content (AvgIpc) is 2.63. The standard InChI is InChI=1S/C26H48O3Si2/c1-12-23(27-21-22-16-14-13-15-17-22)20-24(29-31(10,11)26(5,6)7)18-19-28-30(8,9)25(2,3)4/h12-17,23-24H,1,18-21H2,2-11H3/t23-,24-/m0/s1. The Morgan fingerprint density at radius 1 is 0.903 bits per heavy atom. The largest absolute Gasteiger partial charge is 0.417 e. The van der Waals surface area contributed by atoms with Crippen molar-refractivity contribution >= 4 is 16.6 Å². The monoisotopic (exact) mass is 464 g/mol. The summed E-state index contributed by atoms with van der Waals surface area (Å²) in [6.07, 6.45) is 3.67. The van der Waals surface area contributed by atoms with Gasteiger partial charge in [0, 0.05) is 19.1 Å². The molecule has 0 saturated carbocycles. The lowest BCUT2D eigenvalue weighted by atomic mass is 10.1. The molecule has 5 heteroatoms. The van der Waals surface area contributed by atoms with Gasteiger partial charge in [-0.2, -0.15) is 0 Å². The molecule has 0 aromatic heterocycles. The Balaban J connectivity index is 2.84. The Bertz CT molecular complexity index is 657. The van der Waals surface area contributed by atoms with Crippen LogP contribution in [0.15, 0.2) is 43.0 Å². The summed E-state index contributed by atoms with van der Waals surface area (Å²) in [4.78, 5) is 0. The predicted octanol–water partition coefficient (Wildman–Crippen LogP) is 7.95. The van der Waals surface area contributed by atoms with Gasteiger partial charge in [0.2, 0.25) is 0 Å². The second kappa shape index (κ2) is 11.4. The lowest BCUT2D eigenvalue weighted by Gasteiger charge is -2.41. The van der Waals surface area contributed by atoms with Gasteiger partial charge in [0.05, 0.1) is 12.7 Å². The fraction of sp³-hybridized carbons (Fsp3) is 0.692. The predicted molar refractivity (Wildman–Crippen MR) is 140 cm³/mol. The molecule has 0 radical (unpaired) electrons. The van der Waals surface area contributed by atoms with E-state index in [1.54, 1.807) is 0 Å². The fourth-order valence-electron chi connectivity index (χ4n) is 2.75. The molecule has 0 heterocycles. The van der Waals surface area contributed by atoms with Gasteiger partial charge in [-0.3, -0.25) is 0 Å². The fourth-order valence-corrected chi connectivity index (χ4v) is 5.21. The van der Waals surface area contributed by atoms with Gasteiger partial charge in [0.15, 0.2) is 16.6 Å². The summed E-state index contributed by atoms with van der Waals surface area (Å²) in [6.45, 7) is 28.3. The van der Waals surface area contributed by atoms with Crippen LogP contribution in [0.2, 0.25) is 36.3 Å². The topological polar surface area (TPSA) is 27.7 Å². The number of rotatable bonds is 12. The van der Waals surface area contributed by atoms with Crippen LogP contribution in [-0.4, -0.2) is 35.4 Å². The maximum Gasteiger partial charge on any atom is 0.192 e. The van der Waals surface area contributed by atoms with Crippen LogP contribution >= 0.6 is 0 Å². The number of hydrogen-bond donors (Lipinski definition) is 0. The van der Waals surface area contributed by atoms with E-state index >= 15 is 0 Å². The molecule has 0 spiro atoms. The minimum Gasteiger partial charge on any atom is -0.417 e. The van der Waals surface area contributed by atoms with Crippen LogP contribution in [0.3, 0.4) is 0 Å². The highest BCUT2D eigenvalue weighted by molar-refractivity contribution is 6.74. The van der Waals surface area contributed by atoms with Crippen molar-refractivity contribution in [2.24, 2.45) is 0 Å². The molecule has 0 aliphatic heterocycles. The summed E-state index contributed by atoms with van der Waals surface area (Å²) in [5.41, 5.74) is 1.18. The molecule has 1 aromatic carbocycles. The van der Waals surface area contributed by atoms with Crippen molar-refractivity contribution in [2.75, 3.05) is 6.61 Å². The van der Waals surface area contributed by atoms with Crippen molar-refractivity contribution in [1.29, 1.82) is 0 Å². The van der Waals surface area contributed by atoms with Crippen molar-refractivity contribution in [2.45, 2.75) is 109 Å². The van der Waals surface area contributed by atoms with Crippen LogP contribution in [-0.2, 0) is 20.2 Å². The van der Waals surface area contributed by atoms with Gasteiger partial charge in [-0.25, -0.2) is 0 Å². The molecule has 0 aliphatic carbocycles. The van der Waals surface area contributed by atoms with Crippen LogP contribution < -0.4 is 0 Å². The molecule has 0 N–H and O–H groups in total. The average molecular weight is 465 g/mol. The van der Waals surface area contributed by atoms with Crippen LogP contribution in [0.5, 0.6) is 0 Å². The Morgan fingerprint density at radius 3 is 1.94 bits per heavy atom. The molecule has 2 atom stereocenters. The van der Waals surface area contributed by atoms with Gasteiger partial charge in [-0.15, -0.1) is 6.58 Å². The maximum absolute atomic E-state index is 6.83. The molecule has 0 fully saturated rings. The minimum absolute atomic E-state index is 0.0390. The summed E-state index contributed by atoms with van der Waals surface area (Å²) >= 11 is 0. The van der Waals surface area contributed by atoms with Crippen LogP contribution in [0.4, 0.5) is 0 Å². The van der Waals surface area contributed by atoms with Crippen LogP contribution in [0.25, 0.3) is 0 Å². The molecule has 1 aromatic rings. The molecule has 31 heavy (non-hydrogen) atoms. The third-order valence-corrected chi connectivity index (χ3v) is 16.1. The molecule has 0 bridgehead atoms. The van der Waals surface area contributed by atoms with Gasteiger partial charge in [-0.05, 0) is 48.2 Å². The molecular formula is C26H48O3Si2. The van der Waals surface area contributed by atoms with E-state index in [-0.39, 0.29) is 22.3 Å². The van der Waals surface area contributed by atoms with Gasteiger partial charge in [-0.1, -0.05) is 78.0 Å². The lowest BCUT2D eigenvalue weighted by Crippen LogP contribution is -2.46. The number of hydrogen-bond acceptors (Lipinski definition) is 3. The molecule has 0 aliphatic rings. The van der Waals surface area contributed by atoms with E-state index in [1.807, 2.05) is 24.3 Å². The minimum atomic E-state index is -1.90. The van der Waals surface area contributed by atoms with Crippen LogP contribution in [0, 0.1) is 0 Å². The quantitative estimate of drug-likeness (QED) is 0.232. The highest BCUT2D eigenvalue weighted by atomic mass is 28.4. The van der Waals surface area contributed by atoms with Crippen molar-refractivity contribution in [3.8, 4) is 0 Å². The zero-order chi connectivity index (χ0) is 23.9. The summed E-state index contributed by atoms with van der Waals surface area (Å²) in [7, 11) is -3.67. The van der Waals surface area contributed by atoms with Crippen molar-refractivity contribution < 1.29 is 13.6 Å². The van der Waals surface area contributed by atoms with Crippen molar-refractivity contribution in [1.82, 2.24) is 0 Å². The molecule has 0 saturated heterocycles. The van der Waals surface area contributed by atoms with E-state index in [4.69, 9.17) is 13.6 Å². The van der Waals surface area contributed by atoms with Crippen LogP contribution in [0.1, 0.15) is 59.9 Å². The summed E-state index contributed by atoms with van der Waals surface area (Å²) in [5, 5.41) is 0.380. The third kappa shape index (κ3) is 9.34. The van der Waals surface area contributed by atoms with E-state index < -0.39 is 16.6 Å². The highest BCUT2D eigenvalue weighted by Crippen LogP contribution is 2.39. The second-order valence-corrected chi connectivity index (χ2v) is 21.3. The summed E-state index contributed by atoms with van der Waals surface area (Å²) in [6, 6.07) is 10.3. The molecule has 1 rings (SSSR count). The van der Waals surface area contributed by atoms with E-state index in [2.05, 4.69) is 86.4 Å². The Labute approximate surface area is 194 Å². The SMILES string of the molecule is C=C[C@@H](C[C@H](CCO[Si](C)(C)C(C)(C)C)O[Si](C)(C)C(C)(C)C)OCc1ccccc1. The van der Waals surface area contributed by atoms with E-state index in [0.29, 0.717) is 6.61 Å². The summed E-state index contributed by atoms with van der Waals surface area (Å²) < 4.78 is 19.5. The Kier molecular flexibility index (Phi) is 10.4. The first kappa shape index (κ1) is 28.3. The normalized spacial score (nSPS) is 15.5. The smallest absolute Gasteiger partial charge is 0.192 e. The highest BCUT2D eigenvalue weighted by Gasteiger charge is 2.40. The van der Waals surface area contributed by atoms with Gasteiger partial charge in [0.1, 0.15) is 0 Å². The first-order valence-electron chi connectivity index (χ1n) is 11.7. The first-order chi connectivity index (χ1) is 14.1. The Morgan fingerprint density at radius 2 is 1.45 bits per heavy atom. The third-order valence-electron chi connectivity index (χ3n) is 7.04. The first-order valence-corrected chi connectivity index (χ1v) is 17.5. The molecule has 178 valence electrons. The summed E-state index contributed by atoms with van der Waals surface area (Å²) in [5.74, 6) is 0. The lowest BCUT2D eigenvalue weighted by molar-refractivity contribution is 0.0281. The van der Waals surface area contributed by atoms with E-state index in [9.17, 15) is 0 Å². The van der Waals surface area contributed by atoms with Gasteiger partial charge in [0.25, 0.3) is 0 Å². The van der Waals surface area contributed by atoms with E-state index in [1.165, 1.54) is 5.56 Å². The maximum atomic E-state index is 6.83. The number of ether oxygens (including phenoxy) is 1. The van der Waals surface area contributed by atoms with Crippen molar-refractivity contribution in [3.05, 3.63) is 48.6 Å².